The number of primary amides is 1. The number of carbonyl (C=O) groups is 1. The van der Waals surface area contributed by atoms with E-state index in [1.54, 1.807) is 20.9 Å². The molecule has 1 aromatic heterocycles. The van der Waals surface area contributed by atoms with Gasteiger partial charge in [-0.3, -0.25) is 4.79 Å². The minimum atomic E-state index is -0.913. The predicted octanol–water partition coefficient (Wildman–Crippen LogP) is -0.535. The Morgan fingerprint density at radius 3 is 2.73 bits per heavy atom. The van der Waals surface area contributed by atoms with E-state index in [1.165, 1.54) is 0 Å². The number of nitrogens with one attached hydrogen (secondary N) is 2. The summed E-state index contributed by atoms with van der Waals surface area (Å²) in [7, 11) is 1.77. The minimum Gasteiger partial charge on any atom is -0.407 e. The van der Waals surface area contributed by atoms with Crippen molar-refractivity contribution in [2.45, 2.75) is 25.9 Å². The van der Waals surface area contributed by atoms with Gasteiger partial charge in [-0.05, 0) is 20.9 Å². The highest BCUT2D eigenvalue weighted by Crippen LogP contribution is 2.12. The van der Waals surface area contributed by atoms with E-state index in [0.717, 1.165) is 0 Å². The third-order valence-electron chi connectivity index (χ3n) is 1.83. The summed E-state index contributed by atoms with van der Waals surface area (Å²) in [5.41, 5.74) is 4.27. The molecule has 0 aliphatic heterocycles. The van der Waals surface area contributed by atoms with Crippen molar-refractivity contribution in [3.8, 4) is 0 Å². The van der Waals surface area contributed by atoms with Gasteiger partial charge in [-0.15, -0.1) is 5.10 Å². The summed E-state index contributed by atoms with van der Waals surface area (Å²) in [6.07, 6.45) is 0. The highest BCUT2D eigenvalue weighted by Gasteiger charge is 2.26. The molecule has 84 valence electrons. The number of nitrogens with two attached hydrogens (primary N) is 1. The molecular formula is C8H15N5O2. The van der Waals surface area contributed by atoms with Crippen LogP contribution in [0.25, 0.3) is 0 Å². The average Bonchev–Trinajstić information content (AvgIpc) is 2.52. The van der Waals surface area contributed by atoms with Crippen molar-refractivity contribution < 1.29 is 9.21 Å². The monoisotopic (exact) mass is 213 g/mol. The first kappa shape index (κ1) is 11.4. The quantitative estimate of drug-likeness (QED) is 0.606. The molecular weight excluding hydrogens is 198 g/mol. The van der Waals surface area contributed by atoms with Gasteiger partial charge in [0.05, 0.1) is 6.54 Å². The first-order chi connectivity index (χ1) is 6.95. The Morgan fingerprint density at radius 2 is 2.20 bits per heavy atom. The molecule has 0 radical (unpaired) electrons. The van der Waals surface area contributed by atoms with Crippen LogP contribution in [0.1, 0.15) is 19.7 Å². The SMILES string of the molecule is CNCc1nnc(NC(C)(C)C(N)=O)o1. The number of aromatic nitrogens is 2. The highest BCUT2D eigenvalue weighted by atomic mass is 16.4. The van der Waals surface area contributed by atoms with Crippen LogP contribution in [0.5, 0.6) is 0 Å². The molecule has 0 unspecified atom stereocenters. The van der Waals surface area contributed by atoms with Crippen LogP contribution in [0.3, 0.4) is 0 Å². The van der Waals surface area contributed by atoms with Gasteiger partial charge < -0.3 is 20.8 Å². The minimum absolute atomic E-state index is 0.184. The Labute approximate surface area is 87.4 Å². The Hall–Kier alpha value is -1.63. The van der Waals surface area contributed by atoms with Gasteiger partial charge in [-0.2, -0.15) is 0 Å². The Kier molecular flexibility index (Phi) is 3.25. The van der Waals surface area contributed by atoms with Gasteiger partial charge in [0.1, 0.15) is 5.54 Å². The summed E-state index contributed by atoms with van der Waals surface area (Å²) < 4.78 is 5.21. The van der Waals surface area contributed by atoms with E-state index in [4.69, 9.17) is 10.2 Å². The molecule has 0 atom stereocenters. The molecule has 1 heterocycles. The molecule has 0 saturated heterocycles. The fraction of sp³-hybridized carbons (Fsp3) is 0.625. The van der Waals surface area contributed by atoms with Gasteiger partial charge in [0, 0.05) is 0 Å². The molecule has 1 aromatic rings. The summed E-state index contributed by atoms with van der Waals surface area (Å²) in [6, 6.07) is 0.184. The first-order valence-electron chi connectivity index (χ1n) is 4.51. The fourth-order valence-corrected chi connectivity index (χ4v) is 0.856. The maximum atomic E-state index is 11.0. The number of rotatable bonds is 5. The standard InChI is InChI=1S/C8H15N5O2/c1-8(2,6(9)14)11-7-13-12-5(15-7)4-10-3/h10H,4H2,1-3H3,(H2,9,14)(H,11,13). The Morgan fingerprint density at radius 1 is 1.53 bits per heavy atom. The molecule has 0 aliphatic carbocycles. The maximum Gasteiger partial charge on any atom is 0.316 e. The average molecular weight is 213 g/mol. The van der Waals surface area contributed by atoms with Crippen LogP contribution >= 0.6 is 0 Å². The molecule has 1 rings (SSSR count). The number of carbonyl (C=O) groups excluding carboxylic acids is 1. The van der Waals surface area contributed by atoms with Gasteiger partial charge in [-0.25, -0.2) is 0 Å². The molecule has 4 N–H and O–H groups in total. The third-order valence-corrected chi connectivity index (χ3v) is 1.83. The summed E-state index contributed by atoms with van der Waals surface area (Å²) in [5, 5.41) is 13.1. The van der Waals surface area contributed by atoms with Crippen molar-refractivity contribution in [2.75, 3.05) is 12.4 Å². The molecule has 15 heavy (non-hydrogen) atoms. The fourth-order valence-electron chi connectivity index (χ4n) is 0.856. The lowest BCUT2D eigenvalue weighted by molar-refractivity contribution is -0.121. The molecule has 0 aromatic carbocycles. The number of amides is 1. The van der Waals surface area contributed by atoms with Crippen molar-refractivity contribution >= 4 is 11.9 Å². The van der Waals surface area contributed by atoms with Crippen LogP contribution in [-0.2, 0) is 11.3 Å². The topological polar surface area (TPSA) is 106 Å². The molecule has 7 nitrogen and oxygen atoms in total. The van der Waals surface area contributed by atoms with Crippen molar-refractivity contribution in [1.29, 1.82) is 0 Å². The van der Waals surface area contributed by atoms with Gasteiger partial charge in [0.2, 0.25) is 11.8 Å². The molecule has 0 spiro atoms. The van der Waals surface area contributed by atoms with E-state index >= 15 is 0 Å². The smallest absolute Gasteiger partial charge is 0.316 e. The summed E-state index contributed by atoms with van der Waals surface area (Å²) in [6.45, 7) is 3.75. The molecule has 0 saturated carbocycles. The van der Waals surface area contributed by atoms with Gasteiger partial charge >= 0.3 is 6.01 Å². The van der Waals surface area contributed by atoms with Crippen LogP contribution in [0.15, 0.2) is 4.42 Å². The largest absolute Gasteiger partial charge is 0.407 e. The first-order valence-corrected chi connectivity index (χ1v) is 4.51. The van der Waals surface area contributed by atoms with Crippen molar-refractivity contribution in [1.82, 2.24) is 15.5 Å². The van der Waals surface area contributed by atoms with E-state index in [-0.39, 0.29) is 6.01 Å². The highest BCUT2D eigenvalue weighted by molar-refractivity contribution is 5.86. The van der Waals surface area contributed by atoms with Crippen molar-refractivity contribution in [2.24, 2.45) is 5.73 Å². The maximum absolute atomic E-state index is 11.0. The van der Waals surface area contributed by atoms with Crippen molar-refractivity contribution in [3.63, 3.8) is 0 Å². The zero-order chi connectivity index (χ0) is 11.5. The second kappa shape index (κ2) is 4.26. The van der Waals surface area contributed by atoms with E-state index in [1.807, 2.05) is 0 Å². The zero-order valence-electron chi connectivity index (χ0n) is 9.00. The zero-order valence-corrected chi connectivity index (χ0v) is 9.00. The Balaban J connectivity index is 2.68. The van der Waals surface area contributed by atoms with Crippen LogP contribution in [0.2, 0.25) is 0 Å². The number of hydrogen-bond donors (Lipinski definition) is 3. The van der Waals surface area contributed by atoms with E-state index < -0.39 is 11.4 Å². The number of anilines is 1. The number of hydrogen-bond acceptors (Lipinski definition) is 6. The lowest BCUT2D eigenvalue weighted by Crippen LogP contribution is -2.45. The van der Waals surface area contributed by atoms with Gasteiger partial charge in [0.15, 0.2) is 0 Å². The molecule has 0 bridgehead atoms. The number of nitrogens with zero attached hydrogens (tertiary/aromatic N) is 2. The van der Waals surface area contributed by atoms with Gasteiger partial charge in [0.25, 0.3) is 0 Å². The second-order valence-electron chi connectivity index (χ2n) is 3.65. The predicted molar refractivity (Wildman–Crippen MR) is 54.0 cm³/mol. The third kappa shape index (κ3) is 2.91. The van der Waals surface area contributed by atoms with E-state index in [9.17, 15) is 4.79 Å². The Bertz CT molecular complexity index is 347. The molecule has 1 amide bonds. The molecule has 0 fully saturated rings. The van der Waals surface area contributed by atoms with E-state index in [2.05, 4.69) is 20.8 Å². The summed E-state index contributed by atoms with van der Waals surface area (Å²) in [5.74, 6) is -0.0452. The van der Waals surface area contributed by atoms with Crippen LogP contribution in [0.4, 0.5) is 6.01 Å². The van der Waals surface area contributed by atoms with Crippen molar-refractivity contribution in [3.05, 3.63) is 5.89 Å². The lowest BCUT2D eigenvalue weighted by Gasteiger charge is -2.20. The summed E-state index contributed by atoms with van der Waals surface area (Å²) >= 11 is 0. The van der Waals surface area contributed by atoms with E-state index in [0.29, 0.717) is 12.4 Å². The van der Waals surface area contributed by atoms with Crippen LogP contribution in [-0.4, -0.2) is 28.7 Å². The summed E-state index contributed by atoms with van der Waals surface area (Å²) in [4.78, 5) is 11.0. The van der Waals surface area contributed by atoms with Gasteiger partial charge in [-0.1, -0.05) is 5.10 Å². The van der Waals surface area contributed by atoms with Crippen LogP contribution in [0, 0.1) is 0 Å². The second-order valence-corrected chi connectivity index (χ2v) is 3.65. The normalized spacial score (nSPS) is 11.4. The molecule has 0 aliphatic rings. The lowest BCUT2D eigenvalue weighted by atomic mass is 10.1. The van der Waals surface area contributed by atoms with Crippen LogP contribution < -0.4 is 16.4 Å². The molecule has 7 heteroatoms.